The van der Waals surface area contributed by atoms with Crippen LogP contribution in [0.4, 0.5) is 13.2 Å². The topological polar surface area (TPSA) is 41.9 Å². The first-order chi connectivity index (χ1) is 16.9. The van der Waals surface area contributed by atoms with Crippen LogP contribution in [0.15, 0.2) is 66.7 Å². The Hall–Kier alpha value is -3.03. The number of rotatable bonds is 8. The minimum absolute atomic E-state index is 0.0153. The summed E-state index contributed by atoms with van der Waals surface area (Å²) < 4.78 is 54.2. The highest BCUT2D eigenvalue weighted by molar-refractivity contribution is 5.32. The average Bonchev–Trinajstić information content (AvgIpc) is 3.29. The third-order valence-corrected chi connectivity index (χ3v) is 7.00. The largest absolute Gasteiger partial charge is 0.487 e. The molecule has 0 amide bonds. The number of hydrogen-bond acceptors (Lipinski definition) is 4. The molecule has 1 N–H and O–H groups in total. The minimum Gasteiger partial charge on any atom is -0.487 e. The van der Waals surface area contributed by atoms with Crippen molar-refractivity contribution in [2.45, 2.75) is 37.6 Å². The monoisotopic (exact) mass is 483 g/mol. The maximum absolute atomic E-state index is 14.6. The highest BCUT2D eigenvalue weighted by Crippen LogP contribution is 2.43. The van der Waals surface area contributed by atoms with Crippen LogP contribution in [0, 0.1) is 23.4 Å². The first-order valence-corrected chi connectivity index (χ1v) is 11.9. The SMILES string of the molecule is O[C@]12C[C@H](Oc3ccccc3F)C[C@H]1CN(CCc1cc(F)c(OCc3ccccc3)c(F)c1)C2. The molecule has 3 aromatic rings. The molecule has 2 aliphatic rings. The summed E-state index contributed by atoms with van der Waals surface area (Å²) in [5.41, 5.74) is 0.466. The van der Waals surface area contributed by atoms with Crippen LogP contribution in [-0.4, -0.2) is 41.3 Å². The Morgan fingerprint density at radius 2 is 1.63 bits per heavy atom. The first-order valence-electron chi connectivity index (χ1n) is 11.9. The Morgan fingerprint density at radius 3 is 2.34 bits per heavy atom. The predicted molar refractivity (Wildman–Crippen MR) is 126 cm³/mol. The van der Waals surface area contributed by atoms with Crippen molar-refractivity contribution in [1.82, 2.24) is 4.90 Å². The van der Waals surface area contributed by atoms with E-state index in [2.05, 4.69) is 4.90 Å². The van der Waals surface area contributed by atoms with Crippen molar-refractivity contribution in [3.8, 4) is 11.5 Å². The summed E-state index contributed by atoms with van der Waals surface area (Å²) >= 11 is 0. The van der Waals surface area contributed by atoms with Gasteiger partial charge in [-0.25, -0.2) is 13.2 Å². The predicted octanol–water partition coefficient (Wildman–Crippen LogP) is 5.13. The van der Waals surface area contributed by atoms with E-state index < -0.39 is 23.1 Å². The van der Waals surface area contributed by atoms with Gasteiger partial charge in [-0.15, -0.1) is 0 Å². The normalized spacial score (nSPS) is 23.9. The highest BCUT2D eigenvalue weighted by atomic mass is 19.1. The Morgan fingerprint density at radius 1 is 0.914 bits per heavy atom. The van der Waals surface area contributed by atoms with Crippen LogP contribution in [0.1, 0.15) is 24.0 Å². The maximum Gasteiger partial charge on any atom is 0.191 e. The number of halogens is 3. The lowest BCUT2D eigenvalue weighted by atomic mass is 9.95. The van der Waals surface area contributed by atoms with Gasteiger partial charge in [0.2, 0.25) is 0 Å². The number of para-hydroxylation sites is 1. The molecule has 3 aromatic carbocycles. The standard InChI is InChI=1S/C28H28F3NO3/c29-23-8-4-5-9-26(23)35-22-14-21-16-32(18-28(21,33)15-22)11-10-20-12-24(30)27(25(31)13-20)34-17-19-6-2-1-3-7-19/h1-9,12-13,21-22,33H,10-11,14-18H2/t21-,22+,28-/m0/s1. The van der Waals surface area contributed by atoms with E-state index in [0.717, 1.165) is 5.56 Å². The van der Waals surface area contributed by atoms with Gasteiger partial charge >= 0.3 is 0 Å². The van der Waals surface area contributed by atoms with E-state index in [1.54, 1.807) is 18.2 Å². The van der Waals surface area contributed by atoms with E-state index in [1.165, 1.54) is 18.2 Å². The van der Waals surface area contributed by atoms with Crippen molar-refractivity contribution >= 4 is 0 Å². The number of aliphatic hydroxyl groups is 1. The fourth-order valence-electron chi connectivity index (χ4n) is 5.27. The summed E-state index contributed by atoms with van der Waals surface area (Å²) in [6.45, 7) is 1.78. The molecule has 1 aliphatic heterocycles. The van der Waals surface area contributed by atoms with Crippen molar-refractivity contribution in [2.75, 3.05) is 19.6 Å². The van der Waals surface area contributed by atoms with Gasteiger partial charge in [-0.1, -0.05) is 42.5 Å². The van der Waals surface area contributed by atoms with Crippen LogP contribution < -0.4 is 9.47 Å². The maximum atomic E-state index is 14.6. The molecular weight excluding hydrogens is 455 g/mol. The molecule has 1 saturated carbocycles. The second-order valence-corrected chi connectivity index (χ2v) is 9.56. The molecule has 184 valence electrons. The lowest BCUT2D eigenvalue weighted by Crippen LogP contribution is -2.36. The number of benzene rings is 3. The van der Waals surface area contributed by atoms with Gasteiger partial charge in [0.05, 0.1) is 5.60 Å². The van der Waals surface area contributed by atoms with Gasteiger partial charge in [-0.05, 0) is 48.2 Å². The van der Waals surface area contributed by atoms with Gasteiger partial charge in [-0.2, -0.15) is 0 Å². The molecule has 1 saturated heterocycles. The van der Waals surface area contributed by atoms with E-state index >= 15 is 0 Å². The summed E-state index contributed by atoms with van der Waals surface area (Å²) in [5.74, 6) is -2.00. The number of ether oxygens (including phenoxy) is 2. The number of nitrogens with zero attached hydrogens (tertiary/aromatic N) is 1. The number of β-amino-alcohol motifs (C(OH)–C–C–N with tert-alkyl or cyclic N) is 1. The fourth-order valence-corrected chi connectivity index (χ4v) is 5.27. The zero-order chi connectivity index (χ0) is 24.4. The smallest absolute Gasteiger partial charge is 0.191 e. The molecule has 0 unspecified atom stereocenters. The summed E-state index contributed by atoms with van der Waals surface area (Å²) in [5, 5.41) is 11.1. The van der Waals surface area contributed by atoms with E-state index in [0.29, 0.717) is 44.5 Å². The number of likely N-dealkylation sites (tertiary alicyclic amines) is 1. The number of hydrogen-bond donors (Lipinski definition) is 1. The molecule has 35 heavy (non-hydrogen) atoms. The van der Waals surface area contributed by atoms with Crippen LogP contribution in [0.25, 0.3) is 0 Å². The van der Waals surface area contributed by atoms with E-state index in [4.69, 9.17) is 9.47 Å². The van der Waals surface area contributed by atoms with Crippen LogP contribution in [-0.2, 0) is 13.0 Å². The van der Waals surface area contributed by atoms with Gasteiger partial charge < -0.3 is 14.6 Å². The zero-order valence-electron chi connectivity index (χ0n) is 19.3. The van der Waals surface area contributed by atoms with E-state index in [-0.39, 0.29) is 30.1 Å². The van der Waals surface area contributed by atoms with Crippen molar-refractivity contribution < 1.29 is 27.8 Å². The second kappa shape index (κ2) is 9.91. The van der Waals surface area contributed by atoms with Crippen LogP contribution >= 0.6 is 0 Å². The summed E-state index contributed by atoms with van der Waals surface area (Å²) in [4.78, 5) is 2.11. The second-order valence-electron chi connectivity index (χ2n) is 9.56. The Labute approximate surface area is 202 Å². The van der Waals surface area contributed by atoms with Gasteiger partial charge in [-0.3, -0.25) is 4.90 Å². The molecule has 2 fully saturated rings. The van der Waals surface area contributed by atoms with Gasteiger partial charge in [0.1, 0.15) is 12.7 Å². The van der Waals surface area contributed by atoms with Crippen molar-refractivity contribution in [2.24, 2.45) is 5.92 Å². The van der Waals surface area contributed by atoms with Crippen LogP contribution in [0.2, 0.25) is 0 Å². The molecule has 5 rings (SSSR count). The van der Waals surface area contributed by atoms with E-state index in [1.807, 2.05) is 30.3 Å². The molecule has 0 aromatic heterocycles. The molecule has 0 radical (unpaired) electrons. The molecule has 3 atom stereocenters. The first kappa shape index (κ1) is 23.7. The molecule has 7 heteroatoms. The Kier molecular flexibility index (Phi) is 6.71. The molecule has 0 spiro atoms. The third kappa shape index (κ3) is 5.31. The lowest BCUT2D eigenvalue weighted by molar-refractivity contribution is 0.0218. The quantitative estimate of drug-likeness (QED) is 0.483. The molecular formula is C28H28F3NO3. The average molecular weight is 484 g/mol. The molecule has 4 nitrogen and oxygen atoms in total. The van der Waals surface area contributed by atoms with Gasteiger partial charge in [0.15, 0.2) is 29.0 Å². The van der Waals surface area contributed by atoms with Crippen LogP contribution in [0.5, 0.6) is 11.5 Å². The fraction of sp³-hybridized carbons (Fsp3) is 0.357. The van der Waals surface area contributed by atoms with Gasteiger partial charge in [0.25, 0.3) is 0 Å². The van der Waals surface area contributed by atoms with Crippen molar-refractivity contribution in [1.29, 1.82) is 0 Å². The third-order valence-electron chi connectivity index (χ3n) is 7.00. The minimum atomic E-state index is -0.901. The van der Waals surface area contributed by atoms with Crippen LogP contribution in [0.3, 0.4) is 0 Å². The van der Waals surface area contributed by atoms with Gasteiger partial charge in [0, 0.05) is 32.0 Å². The molecule has 1 heterocycles. The highest BCUT2D eigenvalue weighted by Gasteiger charge is 2.52. The Bertz CT molecular complexity index is 1150. The van der Waals surface area contributed by atoms with E-state index in [9.17, 15) is 18.3 Å². The number of fused-ring (bicyclic) bond motifs is 1. The molecule has 1 aliphatic carbocycles. The zero-order valence-corrected chi connectivity index (χ0v) is 19.3. The lowest BCUT2D eigenvalue weighted by Gasteiger charge is -2.23. The van der Waals surface area contributed by atoms with Crippen molar-refractivity contribution in [3.05, 3.63) is 95.3 Å². The molecule has 0 bridgehead atoms. The Balaban J connectivity index is 1.14. The van der Waals surface area contributed by atoms with Crippen molar-refractivity contribution in [3.63, 3.8) is 0 Å². The summed E-state index contributed by atoms with van der Waals surface area (Å²) in [6, 6.07) is 18.1. The summed E-state index contributed by atoms with van der Waals surface area (Å²) in [7, 11) is 0. The summed E-state index contributed by atoms with van der Waals surface area (Å²) in [6.07, 6.45) is 1.28.